The van der Waals surface area contributed by atoms with E-state index in [2.05, 4.69) is 0 Å². The summed E-state index contributed by atoms with van der Waals surface area (Å²) in [6.45, 7) is 0. The van der Waals surface area contributed by atoms with Gasteiger partial charge in [-0.1, -0.05) is 0 Å². The molecule has 0 rings (SSSR count). The quantitative estimate of drug-likeness (QED) is 0.260. The molecule has 0 bridgehead atoms. The van der Waals surface area contributed by atoms with Crippen LogP contribution in [0.1, 0.15) is 0 Å². The van der Waals surface area contributed by atoms with E-state index in [4.69, 9.17) is 0 Å². The van der Waals surface area contributed by atoms with E-state index >= 15 is 0 Å². The minimum absolute atomic E-state index is 0. The molecule has 0 saturated heterocycles. The molecule has 0 unspecified atom stereocenters. The van der Waals surface area contributed by atoms with Gasteiger partial charge in [-0.05, 0) is 0 Å². The van der Waals surface area contributed by atoms with Crippen molar-refractivity contribution < 1.29 is 146 Å². The second kappa shape index (κ2) is 121. The maximum Gasteiger partial charge on any atom is 4.00 e. The Morgan fingerprint density at radius 1 is 0.300 bits per heavy atom. The van der Waals surface area contributed by atoms with E-state index in [9.17, 15) is 0 Å². The van der Waals surface area contributed by atoms with Crippen molar-refractivity contribution in [3.8, 4) is 0 Å². The van der Waals surface area contributed by atoms with Crippen molar-refractivity contribution in [2.45, 2.75) is 0 Å². The van der Waals surface area contributed by atoms with Gasteiger partial charge < -0.3 is 99.3 Å². The van der Waals surface area contributed by atoms with Crippen molar-refractivity contribution in [2.24, 2.45) is 0 Å². The first kappa shape index (κ1) is 153. The van der Waals surface area contributed by atoms with Gasteiger partial charge in [0.25, 0.3) is 0 Å². The first-order chi connectivity index (χ1) is 0. The second-order valence-electron chi connectivity index (χ2n) is 0. The van der Waals surface area contributed by atoms with Crippen LogP contribution < -0.4 is 99.3 Å². The van der Waals surface area contributed by atoms with Crippen molar-refractivity contribution in [1.82, 2.24) is 0 Å². The Bertz CT molecular complexity index is 9.22. The molecule has 0 saturated carbocycles. The summed E-state index contributed by atoms with van der Waals surface area (Å²) in [5.41, 5.74) is 0. The predicted octanol–water partition coefficient (Wildman–Crippen LogP) is -24.0. The SMILES string of the molecule is [Cl-].[Cl-].[Cl-].[Cl-].[Cl-].[Cl-].[Cl-].[Cl-].[Hf+4].[Mo+4]. The molecule has 0 aromatic rings. The van der Waals surface area contributed by atoms with Gasteiger partial charge in [-0.3, -0.25) is 0 Å². The molecule has 0 aromatic carbocycles. The average Bonchev–Trinajstić information content (AvgIpc) is 0. The monoisotopic (exact) mass is 558 g/mol. The van der Waals surface area contributed by atoms with Crippen LogP contribution in [-0.2, 0) is 46.9 Å². The molecular formula is Cl8HfMo. The van der Waals surface area contributed by atoms with E-state index in [1.807, 2.05) is 0 Å². The van der Waals surface area contributed by atoms with Crippen LogP contribution in [0.3, 0.4) is 0 Å². The second-order valence-corrected chi connectivity index (χ2v) is 0. The smallest absolute Gasteiger partial charge is 1.00 e. The average molecular weight is 558 g/mol. The van der Waals surface area contributed by atoms with Gasteiger partial charge in [-0.15, -0.1) is 0 Å². The molecule has 0 spiro atoms. The molecule has 0 aliphatic rings. The summed E-state index contributed by atoms with van der Waals surface area (Å²) in [6.07, 6.45) is 0. The van der Waals surface area contributed by atoms with Crippen LogP contribution in [0.5, 0.6) is 0 Å². The molecule has 0 nitrogen and oxygen atoms in total. The first-order valence-electron chi connectivity index (χ1n) is 0. The molecule has 0 aliphatic carbocycles. The number of halogens is 8. The van der Waals surface area contributed by atoms with Gasteiger partial charge in [0.1, 0.15) is 0 Å². The van der Waals surface area contributed by atoms with Gasteiger partial charge in [0, 0.05) is 0 Å². The molecule has 10 heteroatoms. The zero-order chi connectivity index (χ0) is 0. The van der Waals surface area contributed by atoms with Gasteiger partial charge >= 0.3 is 46.9 Å². The van der Waals surface area contributed by atoms with Gasteiger partial charge in [0.2, 0.25) is 0 Å². The molecular weight excluding hydrogens is 558 g/mol. The van der Waals surface area contributed by atoms with E-state index in [0.29, 0.717) is 0 Å². The zero-order valence-electron chi connectivity index (χ0n) is 3.93. The maximum absolute atomic E-state index is 0. The van der Waals surface area contributed by atoms with Crippen molar-refractivity contribution in [2.75, 3.05) is 0 Å². The number of hydrogen-bond donors (Lipinski definition) is 0. The molecule has 0 amide bonds. The summed E-state index contributed by atoms with van der Waals surface area (Å²) >= 11 is 0. The standard InChI is InChI=1S/8ClH.Hf.Mo/h8*1H;;/q;;;;;;;;2*+4/p-8. The van der Waals surface area contributed by atoms with Crippen LogP contribution in [0.2, 0.25) is 0 Å². The van der Waals surface area contributed by atoms with Crippen LogP contribution >= 0.6 is 0 Å². The molecule has 0 fully saturated rings. The van der Waals surface area contributed by atoms with Gasteiger partial charge in [-0.2, -0.15) is 0 Å². The van der Waals surface area contributed by atoms with E-state index in [1.165, 1.54) is 0 Å². The van der Waals surface area contributed by atoms with E-state index in [1.54, 1.807) is 0 Å². The summed E-state index contributed by atoms with van der Waals surface area (Å²) < 4.78 is 0. The fourth-order valence-corrected chi connectivity index (χ4v) is 0. The van der Waals surface area contributed by atoms with Crippen LogP contribution in [0.4, 0.5) is 0 Å². The van der Waals surface area contributed by atoms with E-state index < -0.39 is 0 Å². The van der Waals surface area contributed by atoms with Crippen molar-refractivity contribution in [3.05, 3.63) is 0 Å². The van der Waals surface area contributed by atoms with Crippen LogP contribution in [0, 0.1) is 0 Å². The van der Waals surface area contributed by atoms with E-state index in [-0.39, 0.29) is 146 Å². The summed E-state index contributed by atoms with van der Waals surface area (Å²) in [4.78, 5) is 0. The summed E-state index contributed by atoms with van der Waals surface area (Å²) in [6, 6.07) is 0. The van der Waals surface area contributed by atoms with Gasteiger partial charge in [0.05, 0.1) is 0 Å². The third-order valence-corrected chi connectivity index (χ3v) is 0. The molecule has 0 aromatic heterocycles. The maximum atomic E-state index is 0. The topological polar surface area (TPSA) is 0 Å². The molecule has 0 atom stereocenters. The summed E-state index contributed by atoms with van der Waals surface area (Å²) in [7, 11) is 0. The zero-order valence-corrected chi connectivity index (χ0v) is 15.6. The molecule has 0 aliphatic heterocycles. The van der Waals surface area contributed by atoms with Gasteiger partial charge in [-0.25, -0.2) is 0 Å². The minimum atomic E-state index is 0. The predicted molar refractivity (Wildman–Crippen MR) is 0 cm³/mol. The molecule has 0 heterocycles. The molecule has 0 N–H and O–H groups in total. The third kappa shape index (κ3) is 93.4. The molecule has 66 valence electrons. The third-order valence-electron chi connectivity index (χ3n) is 0. The number of hydrogen-bond acceptors (Lipinski definition) is 0. The van der Waals surface area contributed by atoms with Crippen molar-refractivity contribution >= 4 is 0 Å². The fraction of sp³-hybridized carbons (Fsp3) is 0. The molecule has 0 radical (unpaired) electrons. The normalized spacial score (nSPS) is 0. The Labute approximate surface area is 144 Å². The number of rotatable bonds is 0. The summed E-state index contributed by atoms with van der Waals surface area (Å²) in [5, 5.41) is 0. The van der Waals surface area contributed by atoms with Crippen molar-refractivity contribution in [1.29, 1.82) is 0 Å². The van der Waals surface area contributed by atoms with Crippen molar-refractivity contribution in [3.63, 3.8) is 0 Å². The Hall–Kier alpha value is 3.88. The largest absolute Gasteiger partial charge is 4.00 e. The Morgan fingerprint density at radius 3 is 0.300 bits per heavy atom. The Morgan fingerprint density at radius 2 is 0.300 bits per heavy atom. The Kier molecular flexibility index (Phi) is 1850. The van der Waals surface area contributed by atoms with Crippen LogP contribution in [0.25, 0.3) is 0 Å². The van der Waals surface area contributed by atoms with Crippen LogP contribution in [0.15, 0.2) is 0 Å². The van der Waals surface area contributed by atoms with E-state index in [0.717, 1.165) is 0 Å². The summed E-state index contributed by atoms with van der Waals surface area (Å²) in [5.74, 6) is 0. The van der Waals surface area contributed by atoms with Gasteiger partial charge in [0.15, 0.2) is 0 Å². The fourth-order valence-electron chi connectivity index (χ4n) is 0. The Balaban J connectivity index is 0. The van der Waals surface area contributed by atoms with Crippen LogP contribution in [-0.4, -0.2) is 0 Å². The minimum Gasteiger partial charge on any atom is -1.00 e. The molecule has 10 heavy (non-hydrogen) atoms. The first-order valence-corrected chi connectivity index (χ1v) is 0.